The van der Waals surface area contributed by atoms with Crippen LogP contribution >= 0.6 is 0 Å². The van der Waals surface area contributed by atoms with Gasteiger partial charge in [0.05, 0.1) is 6.54 Å². The molecule has 2 rings (SSSR count). The Hall–Kier alpha value is -2.16. The minimum absolute atomic E-state index is 0.0758. The van der Waals surface area contributed by atoms with Gasteiger partial charge in [-0.15, -0.1) is 0 Å². The molecule has 1 atom stereocenters. The van der Waals surface area contributed by atoms with Crippen molar-refractivity contribution in [1.82, 2.24) is 25.7 Å². The van der Waals surface area contributed by atoms with E-state index in [4.69, 9.17) is 9.26 Å². The number of amides is 2. The number of likely N-dealkylation sites (tertiary alicyclic amines) is 1. The van der Waals surface area contributed by atoms with Crippen molar-refractivity contribution in [2.24, 2.45) is 0 Å². The fraction of sp³-hybridized carbons (Fsp3) is 0.765. The van der Waals surface area contributed by atoms with Gasteiger partial charge in [-0.1, -0.05) is 12.1 Å². The largest absolute Gasteiger partial charge is 0.444 e. The molecule has 2 heterocycles. The van der Waals surface area contributed by atoms with Crippen LogP contribution in [0.5, 0.6) is 0 Å². The standard InChI is InChI=1S/C17H29N5O4/c1-5-14(23)19-12-7-6-8-22(10-12)11-13-20-15(26-21-13)9-18-16(24)25-17(2,3)4/h12H,5-11H2,1-4H3,(H,18,24)(H,19,23). The summed E-state index contributed by atoms with van der Waals surface area (Å²) < 4.78 is 10.3. The molecule has 2 amide bonds. The molecule has 0 aliphatic carbocycles. The summed E-state index contributed by atoms with van der Waals surface area (Å²) in [5, 5.41) is 9.58. The number of rotatable bonds is 6. The molecule has 2 N–H and O–H groups in total. The topological polar surface area (TPSA) is 110 Å². The average molecular weight is 367 g/mol. The molecule has 1 aliphatic rings. The van der Waals surface area contributed by atoms with Gasteiger partial charge in [-0.05, 0) is 40.2 Å². The fourth-order valence-corrected chi connectivity index (χ4v) is 2.73. The van der Waals surface area contributed by atoms with Gasteiger partial charge < -0.3 is 19.9 Å². The van der Waals surface area contributed by atoms with E-state index in [1.807, 2.05) is 6.92 Å². The van der Waals surface area contributed by atoms with E-state index in [-0.39, 0.29) is 18.5 Å². The first-order valence-electron chi connectivity index (χ1n) is 9.05. The number of hydrogen-bond acceptors (Lipinski definition) is 7. The lowest BCUT2D eigenvalue weighted by atomic mass is 10.1. The monoisotopic (exact) mass is 367 g/mol. The van der Waals surface area contributed by atoms with Crippen molar-refractivity contribution in [2.75, 3.05) is 13.1 Å². The molecule has 0 radical (unpaired) electrons. The molecular formula is C17H29N5O4. The van der Waals surface area contributed by atoms with Gasteiger partial charge in [-0.25, -0.2) is 4.79 Å². The van der Waals surface area contributed by atoms with E-state index in [9.17, 15) is 9.59 Å². The van der Waals surface area contributed by atoms with Gasteiger partial charge in [0.2, 0.25) is 11.8 Å². The summed E-state index contributed by atoms with van der Waals surface area (Å²) in [4.78, 5) is 29.7. The molecule has 0 spiro atoms. The van der Waals surface area contributed by atoms with Crippen molar-refractivity contribution in [2.45, 2.75) is 71.7 Å². The van der Waals surface area contributed by atoms with Crippen LogP contribution in [0.1, 0.15) is 58.7 Å². The SMILES string of the molecule is CCC(=O)NC1CCCN(Cc2noc(CNC(=O)OC(C)(C)C)n2)C1. The van der Waals surface area contributed by atoms with Gasteiger partial charge in [0.1, 0.15) is 12.1 Å². The molecular weight excluding hydrogens is 338 g/mol. The Bertz CT molecular complexity index is 611. The van der Waals surface area contributed by atoms with E-state index in [1.54, 1.807) is 20.8 Å². The predicted molar refractivity (Wildman–Crippen MR) is 94.1 cm³/mol. The highest BCUT2D eigenvalue weighted by atomic mass is 16.6. The molecule has 1 saturated heterocycles. The number of piperidine rings is 1. The molecule has 146 valence electrons. The fourth-order valence-electron chi connectivity index (χ4n) is 2.73. The van der Waals surface area contributed by atoms with Crippen LogP contribution in [0.3, 0.4) is 0 Å². The van der Waals surface area contributed by atoms with Gasteiger partial charge in [0, 0.05) is 19.0 Å². The lowest BCUT2D eigenvalue weighted by Gasteiger charge is -2.32. The maximum atomic E-state index is 11.6. The Morgan fingerprint density at radius 2 is 2.15 bits per heavy atom. The van der Waals surface area contributed by atoms with Crippen LogP contribution in [-0.4, -0.2) is 51.8 Å². The first kappa shape index (κ1) is 20.2. The summed E-state index contributed by atoms with van der Waals surface area (Å²) in [7, 11) is 0. The normalized spacial score (nSPS) is 18.4. The van der Waals surface area contributed by atoms with Crippen molar-refractivity contribution < 1.29 is 18.8 Å². The molecule has 1 unspecified atom stereocenters. The number of carbonyl (C=O) groups is 2. The molecule has 0 saturated carbocycles. The van der Waals surface area contributed by atoms with E-state index >= 15 is 0 Å². The quantitative estimate of drug-likeness (QED) is 0.785. The second kappa shape index (κ2) is 8.98. The summed E-state index contributed by atoms with van der Waals surface area (Å²) in [6.45, 7) is 9.61. The lowest BCUT2D eigenvalue weighted by Crippen LogP contribution is -2.47. The van der Waals surface area contributed by atoms with Crippen molar-refractivity contribution in [3.63, 3.8) is 0 Å². The minimum Gasteiger partial charge on any atom is -0.444 e. The number of ether oxygens (including phenoxy) is 1. The summed E-state index contributed by atoms with van der Waals surface area (Å²) in [5.74, 6) is 0.971. The molecule has 0 bridgehead atoms. The third-order valence-corrected chi connectivity index (χ3v) is 3.85. The molecule has 9 heteroatoms. The zero-order chi connectivity index (χ0) is 19.2. The van der Waals surface area contributed by atoms with Gasteiger partial charge in [0.25, 0.3) is 0 Å². The van der Waals surface area contributed by atoms with Crippen LogP contribution < -0.4 is 10.6 Å². The number of hydrogen-bond donors (Lipinski definition) is 2. The Morgan fingerprint density at radius 1 is 1.38 bits per heavy atom. The van der Waals surface area contributed by atoms with Gasteiger partial charge >= 0.3 is 6.09 Å². The molecule has 9 nitrogen and oxygen atoms in total. The highest BCUT2D eigenvalue weighted by Crippen LogP contribution is 2.13. The summed E-state index contributed by atoms with van der Waals surface area (Å²) in [5.41, 5.74) is -0.553. The van der Waals surface area contributed by atoms with Gasteiger partial charge in [0.15, 0.2) is 5.82 Å². The van der Waals surface area contributed by atoms with Crippen LogP contribution in [0.2, 0.25) is 0 Å². The highest BCUT2D eigenvalue weighted by Gasteiger charge is 2.22. The maximum absolute atomic E-state index is 11.6. The Labute approximate surface area is 153 Å². The predicted octanol–water partition coefficient (Wildman–Crippen LogP) is 1.58. The number of alkyl carbamates (subject to hydrolysis) is 1. The maximum Gasteiger partial charge on any atom is 0.408 e. The van der Waals surface area contributed by atoms with Gasteiger partial charge in [-0.3, -0.25) is 9.69 Å². The van der Waals surface area contributed by atoms with Crippen LogP contribution in [-0.2, 0) is 22.6 Å². The van der Waals surface area contributed by atoms with E-state index in [1.165, 1.54) is 0 Å². The third-order valence-electron chi connectivity index (χ3n) is 3.85. The number of nitrogens with zero attached hydrogens (tertiary/aromatic N) is 3. The van der Waals surface area contributed by atoms with Crippen molar-refractivity contribution >= 4 is 12.0 Å². The molecule has 1 aromatic rings. The van der Waals surface area contributed by atoms with E-state index in [0.717, 1.165) is 25.9 Å². The molecule has 0 aromatic carbocycles. The van der Waals surface area contributed by atoms with Crippen LogP contribution in [0.4, 0.5) is 4.79 Å². The Morgan fingerprint density at radius 3 is 2.85 bits per heavy atom. The summed E-state index contributed by atoms with van der Waals surface area (Å²) in [6.07, 6.45) is 1.97. The van der Waals surface area contributed by atoms with Crippen molar-refractivity contribution in [3.8, 4) is 0 Å². The second-order valence-electron chi connectivity index (χ2n) is 7.46. The summed E-state index contributed by atoms with van der Waals surface area (Å²) in [6, 6.07) is 0.163. The average Bonchev–Trinajstić information content (AvgIpc) is 2.99. The van der Waals surface area contributed by atoms with E-state index < -0.39 is 11.7 Å². The highest BCUT2D eigenvalue weighted by molar-refractivity contribution is 5.75. The molecule has 1 aromatic heterocycles. The van der Waals surface area contributed by atoms with Crippen LogP contribution in [0.15, 0.2) is 4.52 Å². The molecule has 1 fully saturated rings. The molecule has 26 heavy (non-hydrogen) atoms. The Balaban J connectivity index is 1.78. The van der Waals surface area contributed by atoms with E-state index in [0.29, 0.717) is 24.7 Å². The molecule has 1 aliphatic heterocycles. The lowest BCUT2D eigenvalue weighted by molar-refractivity contribution is -0.121. The third kappa shape index (κ3) is 6.99. The number of aromatic nitrogens is 2. The van der Waals surface area contributed by atoms with Crippen LogP contribution in [0.25, 0.3) is 0 Å². The second-order valence-corrected chi connectivity index (χ2v) is 7.46. The number of carbonyl (C=O) groups excluding carboxylic acids is 2. The first-order chi connectivity index (χ1) is 12.2. The zero-order valence-electron chi connectivity index (χ0n) is 16.0. The minimum atomic E-state index is -0.553. The summed E-state index contributed by atoms with van der Waals surface area (Å²) >= 11 is 0. The van der Waals surface area contributed by atoms with Gasteiger partial charge in [-0.2, -0.15) is 4.98 Å². The zero-order valence-corrected chi connectivity index (χ0v) is 16.0. The smallest absolute Gasteiger partial charge is 0.408 e. The van der Waals surface area contributed by atoms with Crippen molar-refractivity contribution in [1.29, 1.82) is 0 Å². The van der Waals surface area contributed by atoms with Crippen LogP contribution in [0, 0.1) is 0 Å². The Kier molecular flexibility index (Phi) is 6.96. The van der Waals surface area contributed by atoms with E-state index in [2.05, 4.69) is 25.7 Å². The first-order valence-corrected chi connectivity index (χ1v) is 9.05. The number of nitrogens with one attached hydrogen (secondary N) is 2. The van der Waals surface area contributed by atoms with Crippen molar-refractivity contribution in [3.05, 3.63) is 11.7 Å².